The highest BCUT2D eigenvalue weighted by molar-refractivity contribution is 5.98. The fraction of sp³-hybridized carbons (Fsp3) is 0.476. The molecule has 2 aromatic heterocycles. The Kier molecular flexibility index (Phi) is 4.19. The van der Waals surface area contributed by atoms with Crippen LogP contribution in [-0.2, 0) is 13.0 Å². The maximum atomic E-state index is 11.8. The van der Waals surface area contributed by atoms with E-state index in [0.717, 1.165) is 72.9 Å². The van der Waals surface area contributed by atoms with Crippen LogP contribution in [0.15, 0.2) is 18.3 Å². The zero-order valence-electron chi connectivity index (χ0n) is 15.9. The van der Waals surface area contributed by atoms with Gasteiger partial charge in [0.1, 0.15) is 17.7 Å². The minimum Gasteiger partial charge on any atom is -0.489 e. The summed E-state index contributed by atoms with van der Waals surface area (Å²) in [4.78, 5) is 23.2. The lowest BCUT2D eigenvalue weighted by Crippen LogP contribution is -2.39. The SMILES string of the molecule is Cc1cc2c(nc1N1CCC(Oc3cnc4c(c3)CC[C@@H]4O)CC1)CNC2=O. The zero-order chi connectivity index (χ0) is 19.3. The Morgan fingerprint density at radius 3 is 2.89 bits per heavy atom. The Morgan fingerprint density at radius 2 is 2.07 bits per heavy atom. The number of aliphatic hydroxyl groups excluding tert-OH is 1. The molecule has 0 radical (unpaired) electrons. The van der Waals surface area contributed by atoms with Crippen LogP contribution in [0.4, 0.5) is 5.82 Å². The molecule has 0 spiro atoms. The molecule has 0 unspecified atom stereocenters. The third kappa shape index (κ3) is 2.99. The number of aliphatic hydroxyl groups is 1. The topological polar surface area (TPSA) is 87.6 Å². The Hall–Kier alpha value is -2.67. The highest BCUT2D eigenvalue weighted by Gasteiger charge is 2.27. The third-order valence-corrected chi connectivity index (χ3v) is 5.95. The normalized spacial score (nSPS) is 21.4. The Labute approximate surface area is 163 Å². The van der Waals surface area contributed by atoms with Crippen molar-refractivity contribution in [2.75, 3.05) is 18.0 Å². The van der Waals surface area contributed by atoms with Crippen molar-refractivity contribution >= 4 is 11.7 Å². The minimum absolute atomic E-state index is 0.0280. The van der Waals surface area contributed by atoms with E-state index in [0.29, 0.717) is 12.1 Å². The van der Waals surface area contributed by atoms with Crippen LogP contribution in [0.25, 0.3) is 0 Å². The number of anilines is 1. The molecule has 2 aromatic rings. The smallest absolute Gasteiger partial charge is 0.253 e. The van der Waals surface area contributed by atoms with E-state index in [9.17, 15) is 9.90 Å². The fourth-order valence-electron chi connectivity index (χ4n) is 4.42. The van der Waals surface area contributed by atoms with Crippen molar-refractivity contribution in [3.63, 3.8) is 0 Å². The lowest BCUT2D eigenvalue weighted by molar-refractivity contribution is 0.0965. The average Bonchev–Trinajstić information content (AvgIpc) is 3.25. The first-order valence-electron chi connectivity index (χ1n) is 9.95. The number of fused-ring (bicyclic) bond motifs is 2. The number of nitrogens with one attached hydrogen (secondary N) is 1. The van der Waals surface area contributed by atoms with E-state index in [4.69, 9.17) is 9.72 Å². The summed E-state index contributed by atoms with van der Waals surface area (Å²) >= 11 is 0. The Morgan fingerprint density at radius 1 is 1.25 bits per heavy atom. The molecule has 0 saturated carbocycles. The third-order valence-electron chi connectivity index (χ3n) is 5.95. The molecule has 7 nitrogen and oxygen atoms in total. The van der Waals surface area contributed by atoms with Gasteiger partial charge in [0.25, 0.3) is 5.91 Å². The number of pyridine rings is 2. The van der Waals surface area contributed by atoms with Gasteiger partial charge >= 0.3 is 0 Å². The molecule has 0 bridgehead atoms. The molecule has 7 heteroatoms. The Balaban J connectivity index is 1.24. The van der Waals surface area contributed by atoms with Crippen molar-refractivity contribution in [1.29, 1.82) is 0 Å². The van der Waals surface area contributed by atoms with E-state index in [-0.39, 0.29) is 12.0 Å². The van der Waals surface area contributed by atoms with Crippen LogP contribution >= 0.6 is 0 Å². The van der Waals surface area contributed by atoms with Gasteiger partial charge in [-0.15, -0.1) is 0 Å². The summed E-state index contributed by atoms with van der Waals surface area (Å²) in [5, 5.41) is 12.7. The van der Waals surface area contributed by atoms with Gasteiger partial charge in [-0.25, -0.2) is 4.98 Å². The van der Waals surface area contributed by atoms with Crippen molar-refractivity contribution in [1.82, 2.24) is 15.3 Å². The molecule has 28 heavy (non-hydrogen) atoms. The molecule has 146 valence electrons. The largest absolute Gasteiger partial charge is 0.489 e. The second kappa shape index (κ2) is 6.74. The molecule has 0 aromatic carbocycles. The Bertz CT molecular complexity index is 937. The molecule has 1 atom stereocenters. The first-order valence-corrected chi connectivity index (χ1v) is 9.95. The zero-order valence-corrected chi connectivity index (χ0v) is 15.9. The molecule has 1 fully saturated rings. The summed E-state index contributed by atoms with van der Waals surface area (Å²) in [6.07, 6.45) is 4.89. The van der Waals surface area contributed by atoms with Gasteiger partial charge in [-0.1, -0.05) is 0 Å². The van der Waals surface area contributed by atoms with Crippen molar-refractivity contribution in [2.24, 2.45) is 0 Å². The molecule has 1 amide bonds. The van der Waals surface area contributed by atoms with Gasteiger partial charge in [-0.2, -0.15) is 0 Å². The molecule has 1 aliphatic carbocycles. The maximum absolute atomic E-state index is 11.8. The number of carbonyl (C=O) groups excluding carboxylic acids is 1. The van der Waals surface area contributed by atoms with Crippen LogP contribution < -0.4 is 15.0 Å². The standard InChI is InChI=1S/C21H24N4O3/c1-12-8-16-17(11-23-21(16)27)24-20(12)25-6-4-14(5-7-25)28-15-9-13-2-3-18(26)19(13)22-10-15/h8-10,14,18,26H,2-7,11H2,1H3,(H,23,27)/t18-/m0/s1. The first-order chi connectivity index (χ1) is 13.6. The van der Waals surface area contributed by atoms with Crippen molar-refractivity contribution < 1.29 is 14.6 Å². The van der Waals surface area contributed by atoms with Crippen LogP contribution in [0, 0.1) is 6.92 Å². The van der Waals surface area contributed by atoms with Gasteiger partial charge in [0.15, 0.2) is 0 Å². The second-order valence-corrected chi connectivity index (χ2v) is 7.88. The monoisotopic (exact) mass is 380 g/mol. The second-order valence-electron chi connectivity index (χ2n) is 7.88. The highest BCUT2D eigenvalue weighted by Crippen LogP contribution is 2.32. The van der Waals surface area contributed by atoms with E-state index >= 15 is 0 Å². The predicted molar refractivity (Wildman–Crippen MR) is 104 cm³/mol. The molecule has 4 heterocycles. The summed E-state index contributed by atoms with van der Waals surface area (Å²) in [6, 6.07) is 3.98. The number of piperidine rings is 1. The maximum Gasteiger partial charge on any atom is 0.253 e. The van der Waals surface area contributed by atoms with E-state index in [1.807, 2.05) is 19.1 Å². The number of rotatable bonds is 3. The lowest BCUT2D eigenvalue weighted by atomic mass is 10.1. The van der Waals surface area contributed by atoms with E-state index in [1.54, 1.807) is 6.20 Å². The summed E-state index contributed by atoms with van der Waals surface area (Å²) in [5.74, 6) is 1.74. The lowest BCUT2D eigenvalue weighted by Gasteiger charge is -2.34. The molecular formula is C21H24N4O3. The van der Waals surface area contributed by atoms with Gasteiger partial charge in [0, 0.05) is 25.9 Å². The molecule has 1 saturated heterocycles. The van der Waals surface area contributed by atoms with Gasteiger partial charge in [0.2, 0.25) is 0 Å². The van der Waals surface area contributed by atoms with E-state index < -0.39 is 6.10 Å². The molecule has 5 rings (SSSR count). The summed E-state index contributed by atoms with van der Waals surface area (Å²) in [6.45, 7) is 4.27. The highest BCUT2D eigenvalue weighted by atomic mass is 16.5. The van der Waals surface area contributed by atoms with Crippen LogP contribution in [0.3, 0.4) is 0 Å². The number of ether oxygens (including phenoxy) is 1. The van der Waals surface area contributed by atoms with Gasteiger partial charge < -0.3 is 20.1 Å². The number of aryl methyl sites for hydroxylation is 2. The van der Waals surface area contributed by atoms with Crippen molar-refractivity contribution in [3.8, 4) is 5.75 Å². The summed E-state index contributed by atoms with van der Waals surface area (Å²) < 4.78 is 6.17. The van der Waals surface area contributed by atoms with Gasteiger partial charge in [-0.3, -0.25) is 9.78 Å². The van der Waals surface area contributed by atoms with Crippen molar-refractivity contribution in [3.05, 3.63) is 46.4 Å². The molecular weight excluding hydrogens is 356 g/mol. The number of amides is 1. The summed E-state index contributed by atoms with van der Waals surface area (Å²) in [5.41, 5.74) is 4.48. The molecule has 2 N–H and O–H groups in total. The van der Waals surface area contributed by atoms with Crippen molar-refractivity contribution in [2.45, 2.75) is 51.4 Å². The van der Waals surface area contributed by atoms with Crippen LogP contribution in [0.5, 0.6) is 5.75 Å². The van der Waals surface area contributed by atoms with E-state index in [2.05, 4.69) is 15.2 Å². The number of nitrogens with zero attached hydrogens (tertiary/aromatic N) is 3. The van der Waals surface area contributed by atoms with Crippen LogP contribution in [0.1, 0.15) is 58.2 Å². The molecule has 3 aliphatic rings. The number of hydrogen-bond acceptors (Lipinski definition) is 6. The van der Waals surface area contributed by atoms with Gasteiger partial charge in [0.05, 0.1) is 35.8 Å². The fourth-order valence-corrected chi connectivity index (χ4v) is 4.42. The predicted octanol–water partition coefficient (Wildman–Crippen LogP) is 2.06. The number of hydrogen-bond donors (Lipinski definition) is 2. The quantitative estimate of drug-likeness (QED) is 0.848. The summed E-state index contributed by atoms with van der Waals surface area (Å²) in [7, 11) is 0. The number of carbonyl (C=O) groups is 1. The van der Waals surface area contributed by atoms with Gasteiger partial charge in [-0.05, 0) is 43.0 Å². The molecule has 2 aliphatic heterocycles. The average molecular weight is 380 g/mol. The minimum atomic E-state index is -0.430. The van der Waals surface area contributed by atoms with Crippen LogP contribution in [0.2, 0.25) is 0 Å². The van der Waals surface area contributed by atoms with E-state index in [1.165, 1.54) is 0 Å². The first kappa shape index (κ1) is 17.4. The van der Waals surface area contributed by atoms with Crippen LogP contribution in [-0.4, -0.2) is 40.2 Å². The number of aromatic nitrogens is 2.